The molecule has 0 saturated carbocycles. The highest BCUT2D eigenvalue weighted by Gasteiger charge is 2.20. The molecule has 12 nitrogen and oxygen atoms in total. The SMILES string of the molecule is CCCCCCCCCOC(=O)c1cc(C[n+]2ccc(-c3cc[n+](CC[n+]4ccc(-c5cc[n+](Cc6cc(C(=O)OCCCCCCCCC)cc(C(=O)OCCCCCCCCC)c6)cc5)cc4)cc3)cc2)cc(C(=O)OCCCCCCCCC)c1. The van der Waals surface area contributed by atoms with Crippen LogP contribution >= 0.6 is 0 Å². The van der Waals surface area contributed by atoms with Gasteiger partial charge in [0.15, 0.2) is 62.7 Å². The number of carbonyl (C=O) groups is 4. The van der Waals surface area contributed by atoms with Gasteiger partial charge in [-0.2, -0.15) is 9.13 Å². The Kier molecular flexibility index (Phi) is 33.4. The first-order valence-corrected chi connectivity index (χ1v) is 34.1. The summed E-state index contributed by atoms with van der Waals surface area (Å²) in [5, 5.41) is 0. The van der Waals surface area contributed by atoms with Crippen molar-refractivity contribution in [1.82, 2.24) is 0 Å². The summed E-state index contributed by atoms with van der Waals surface area (Å²) in [5.41, 5.74) is 7.48. The maximum absolute atomic E-state index is 13.4. The lowest BCUT2D eigenvalue weighted by Crippen LogP contribution is -2.43. The van der Waals surface area contributed by atoms with E-state index in [1.54, 1.807) is 12.1 Å². The number of aromatic nitrogens is 4. The van der Waals surface area contributed by atoms with Crippen LogP contribution in [-0.2, 0) is 45.1 Å². The predicted octanol–water partition coefficient (Wildman–Crippen LogP) is 16.6. The second kappa shape index (κ2) is 42.0. The molecule has 0 unspecified atom stereocenters. The number of hydrogen-bond donors (Lipinski definition) is 0. The number of pyridine rings is 4. The molecule has 0 N–H and O–H groups in total. The monoisotopic (exact) mass is 1200 g/mol. The van der Waals surface area contributed by atoms with Gasteiger partial charge in [-0.1, -0.05) is 182 Å². The largest absolute Gasteiger partial charge is 0.462 e. The Balaban J connectivity index is 1.01. The lowest BCUT2D eigenvalue weighted by molar-refractivity contribution is -0.778. The third-order valence-corrected chi connectivity index (χ3v) is 16.4. The van der Waals surface area contributed by atoms with Gasteiger partial charge in [0, 0.05) is 59.7 Å². The van der Waals surface area contributed by atoms with E-state index in [0.29, 0.717) is 61.8 Å². The summed E-state index contributed by atoms with van der Waals surface area (Å²) in [7, 11) is 0. The summed E-state index contributed by atoms with van der Waals surface area (Å²) >= 11 is 0. The summed E-state index contributed by atoms with van der Waals surface area (Å²) < 4.78 is 31.4. The number of unbranched alkanes of at least 4 members (excludes halogenated alkanes) is 24. The summed E-state index contributed by atoms with van der Waals surface area (Å²) in [6.07, 6.45) is 48.3. The van der Waals surface area contributed by atoms with Crippen LogP contribution in [0.15, 0.2) is 135 Å². The first kappa shape index (κ1) is 70.0. The molecule has 0 aliphatic heterocycles. The van der Waals surface area contributed by atoms with Crippen LogP contribution in [0.2, 0.25) is 0 Å². The Morgan fingerprint density at radius 2 is 0.477 bits per heavy atom. The first-order valence-electron chi connectivity index (χ1n) is 34.1. The summed E-state index contributed by atoms with van der Waals surface area (Å²) in [6.45, 7) is 12.8. The van der Waals surface area contributed by atoms with Crippen molar-refractivity contribution in [3.05, 3.63) is 168 Å². The highest BCUT2D eigenvalue weighted by molar-refractivity contribution is 5.96. The zero-order chi connectivity index (χ0) is 62.2. The van der Waals surface area contributed by atoms with Crippen molar-refractivity contribution in [2.45, 2.75) is 234 Å². The summed E-state index contributed by atoms with van der Waals surface area (Å²) in [4.78, 5) is 53.5. The number of nitrogens with zero attached hydrogens (tertiary/aromatic N) is 4. The van der Waals surface area contributed by atoms with Gasteiger partial charge < -0.3 is 18.9 Å². The first-order chi connectivity index (χ1) is 43.2. The average Bonchev–Trinajstić information content (AvgIpc) is 2.33. The molecule has 0 aliphatic carbocycles. The minimum Gasteiger partial charge on any atom is -0.462 e. The van der Waals surface area contributed by atoms with E-state index in [1.165, 1.54) is 103 Å². The Hall–Kier alpha value is -7.08. The molecule has 6 rings (SSSR count). The third-order valence-electron chi connectivity index (χ3n) is 16.4. The highest BCUT2D eigenvalue weighted by atomic mass is 16.5. The molecule has 2 aromatic carbocycles. The van der Waals surface area contributed by atoms with Crippen molar-refractivity contribution >= 4 is 23.9 Å². The number of hydrogen-bond acceptors (Lipinski definition) is 8. The van der Waals surface area contributed by atoms with Crippen LogP contribution in [0.25, 0.3) is 22.3 Å². The third kappa shape index (κ3) is 26.7. The van der Waals surface area contributed by atoms with E-state index in [1.807, 2.05) is 49.1 Å². The van der Waals surface area contributed by atoms with Gasteiger partial charge in [0.1, 0.15) is 0 Å². The van der Waals surface area contributed by atoms with Gasteiger partial charge in [0.25, 0.3) is 0 Å². The van der Waals surface area contributed by atoms with Crippen molar-refractivity contribution in [2.75, 3.05) is 26.4 Å². The van der Waals surface area contributed by atoms with E-state index in [2.05, 4.69) is 119 Å². The van der Waals surface area contributed by atoms with Gasteiger partial charge in [-0.05, 0) is 84.3 Å². The molecule has 4 aromatic heterocycles. The van der Waals surface area contributed by atoms with Gasteiger partial charge in [0.05, 0.1) is 48.7 Å². The molecule has 4 heterocycles. The molecular formula is C76H106N4O8+4. The van der Waals surface area contributed by atoms with Crippen molar-refractivity contribution in [1.29, 1.82) is 0 Å². The fraction of sp³-hybridized carbons (Fsp3) is 0.526. The molecule has 88 heavy (non-hydrogen) atoms. The smallest absolute Gasteiger partial charge is 0.338 e. The normalized spacial score (nSPS) is 11.2. The molecule has 474 valence electrons. The number of ether oxygens (including phenoxy) is 4. The van der Waals surface area contributed by atoms with E-state index < -0.39 is 23.9 Å². The molecule has 0 radical (unpaired) electrons. The van der Waals surface area contributed by atoms with Crippen molar-refractivity contribution in [3.8, 4) is 22.3 Å². The van der Waals surface area contributed by atoms with Gasteiger partial charge in [0.2, 0.25) is 13.1 Å². The molecule has 0 bridgehead atoms. The van der Waals surface area contributed by atoms with E-state index in [-0.39, 0.29) is 0 Å². The standard InChI is InChI=1S/C76H106N4O8/c1-5-9-13-17-21-25-29-51-85-73(81)69-55-63(56-70(59-69)74(82)86-52-30-26-22-18-14-10-6-2)61-79-45-37-67(38-46-79)65-33-41-77(42-34-65)49-50-78-43-35-66(36-44-78)68-39-47-80(48-40-68)62-64-57-71(75(83)87-53-31-27-23-19-15-11-7-3)60-72(58-64)76(84)88-54-32-28-24-20-16-12-8-4/h33-48,55-60H,5-32,49-54,61-62H2,1-4H3/q+4. The van der Waals surface area contributed by atoms with E-state index in [4.69, 9.17) is 18.9 Å². The molecule has 0 atom stereocenters. The van der Waals surface area contributed by atoms with Crippen LogP contribution in [0, 0.1) is 0 Å². The zero-order valence-electron chi connectivity index (χ0n) is 54.2. The van der Waals surface area contributed by atoms with E-state index in [0.717, 1.165) is 124 Å². The zero-order valence-corrected chi connectivity index (χ0v) is 54.2. The maximum atomic E-state index is 13.4. The predicted molar refractivity (Wildman–Crippen MR) is 349 cm³/mol. The Morgan fingerprint density at radius 3 is 0.705 bits per heavy atom. The van der Waals surface area contributed by atoms with Crippen molar-refractivity contribution in [2.24, 2.45) is 0 Å². The molecule has 12 heteroatoms. The van der Waals surface area contributed by atoms with Crippen LogP contribution in [0.5, 0.6) is 0 Å². The second-order valence-electron chi connectivity index (χ2n) is 24.0. The molecule has 0 amide bonds. The van der Waals surface area contributed by atoms with Crippen LogP contribution in [0.4, 0.5) is 0 Å². The van der Waals surface area contributed by atoms with Crippen LogP contribution in [0.1, 0.15) is 260 Å². The van der Waals surface area contributed by atoms with Gasteiger partial charge in [-0.25, -0.2) is 28.3 Å². The minimum absolute atomic E-state index is 0.362. The number of rotatable bonds is 45. The van der Waals surface area contributed by atoms with Gasteiger partial charge in [-0.15, -0.1) is 0 Å². The van der Waals surface area contributed by atoms with Gasteiger partial charge >= 0.3 is 23.9 Å². The molecule has 0 aliphatic rings. The average molecular weight is 1200 g/mol. The quantitative estimate of drug-likeness (QED) is 0.0160. The van der Waals surface area contributed by atoms with Crippen LogP contribution in [-0.4, -0.2) is 50.3 Å². The number of esters is 4. The second-order valence-corrected chi connectivity index (χ2v) is 24.0. The molecular weight excluding hydrogens is 1100 g/mol. The highest BCUT2D eigenvalue weighted by Crippen LogP contribution is 2.21. The van der Waals surface area contributed by atoms with Crippen molar-refractivity contribution < 1.29 is 56.4 Å². The van der Waals surface area contributed by atoms with Crippen molar-refractivity contribution in [3.63, 3.8) is 0 Å². The van der Waals surface area contributed by atoms with Crippen LogP contribution < -0.4 is 18.3 Å². The van der Waals surface area contributed by atoms with Gasteiger partial charge in [-0.3, -0.25) is 0 Å². The number of aryl methyl sites for hydroxylation is 2. The summed E-state index contributed by atoms with van der Waals surface area (Å²) in [5.74, 6) is -1.66. The lowest BCUT2D eigenvalue weighted by atomic mass is 10.0. The maximum Gasteiger partial charge on any atom is 0.338 e. The Bertz CT molecular complexity index is 2640. The summed E-state index contributed by atoms with van der Waals surface area (Å²) in [6, 6.07) is 27.5. The molecule has 0 fully saturated rings. The fourth-order valence-electron chi connectivity index (χ4n) is 11.0. The van der Waals surface area contributed by atoms with E-state index >= 15 is 0 Å². The lowest BCUT2D eigenvalue weighted by Gasteiger charge is -2.10. The fourth-order valence-corrected chi connectivity index (χ4v) is 11.0. The molecule has 0 saturated heterocycles. The van der Waals surface area contributed by atoms with Crippen LogP contribution in [0.3, 0.4) is 0 Å². The minimum atomic E-state index is -0.414. The number of carbonyl (C=O) groups excluding carboxylic acids is 4. The van der Waals surface area contributed by atoms with E-state index in [9.17, 15) is 19.2 Å². The Morgan fingerprint density at radius 1 is 0.273 bits per heavy atom. The number of benzene rings is 2. The topological polar surface area (TPSA) is 121 Å². The molecule has 6 aromatic rings. The Labute approximate surface area is 528 Å². The molecule has 0 spiro atoms.